The van der Waals surface area contributed by atoms with Gasteiger partial charge in [-0.3, -0.25) is 13.9 Å². The summed E-state index contributed by atoms with van der Waals surface area (Å²) in [5.74, 6) is 0.842. The third-order valence-electron chi connectivity index (χ3n) is 6.27. The van der Waals surface area contributed by atoms with Crippen LogP contribution in [0.25, 0.3) is 22.3 Å². The van der Waals surface area contributed by atoms with Gasteiger partial charge in [0, 0.05) is 52.2 Å². The van der Waals surface area contributed by atoms with Gasteiger partial charge in [-0.05, 0) is 35.9 Å². The highest BCUT2D eigenvalue weighted by Crippen LogP contribution is 2.25. The summed E-state index contributed by atoms with van der Waals surface area (Å²) in [6.45, 7) is 1.88. The van der Waals surface area contributed by atoms with Crippen molar-refractivity contribution in [3.63, 3.8) is 0 Å². The van der Waals surface area contributed by atoms with Crippen LogP contribution < -0.4 is 16.1 Å². The number of rotatable bonds is 4. The zero-order chi connectivity index (χ0) is 24.0. The van der Waals surface area contributed by atoms with Crippen molar-refractivity contribution in [3.8, 4) is 11.3 Å². The normalized spacial score (nSPS) is 15.2. The van der Waals surface area contributed by atoms with Gasteiger partial charge in [0.2, 0.25) is 10.0 Å². The molecule has 11 heteroatoms. The van der Waals surface area contributed by atoms with Crippen molar-refractivity contribution in [2.45, 2.75) is 4.90 Å². The number of aryl methyl sites for hydroxylation is 1. The maximum atomic E-state index is 13.2. The molecule has 0 aliphatic carbocycles. The summed E-state index contributed by atoms with van der Waals surface area (Å²) in [6, 6.07) is 13.9. The number of fused-ring (bicyclic) bond motifs is 1. The van der Waals surface area contributed by atoms with E-state index in [9.17, 15) is 18.0 Å². The fraction of sp³-hybridized carbons (Fsp3) is 0.261. The molecule has 5 rings (SSSR count). The number of benzene rings is 1. The van der Waals surface area contributed by atoms with Crippen LogP contribution in [0, 0.1) is 0 Å². The molecule has 3 aromatic heterocycles. The van der Waals surface area contributed by atoms with E-state index in [-0.39, 0.29) is 4.90 Å². The zero-order valence-electron chi connectivity index (χ0n) is 18.8. The molecule has 0 amide bonds. The van der Waals surface area contributed by atoms with Crippen molar-refractivity contribution in [1.82, 2.24) is 23.4 Å². The van der Waals surface area contributed by atoms with Gasteiger partial charge in [0.1, 0.15) is 11.3 Å². The van der Waals surface area contributed by atoms with E-state index in [4.69, 9.17) is 0 Å². The number of piperazine rings is 1. The fourth-order valence-electron chi connectivity index (χ4n) is 4.26. The number of nitrogens with one attached hydrogen (secondary N) is 1. The summed E-state index contributed by atoms with van der Waals surface area (Å²) < 4.78 is 30.3. The van der Waals surface area contributed by atoms with Gasteiger partial charge in [-0.1, -0.05) is 18.2 Å². The van der Waals surface area contributed by atoms with Gasteiger partial charge in [-0.25, -0.2) is 18.2 Å². The van der Waals surface area contributed by atoms with Crippen molar-refractivity contribution in [1.29, 1.82) is 0 Å². The number of aromatic amines is 1. The van der Waals surface area contributed by atoms with E-state index in [0.29, 0.717) is 48.5 Å². The molecule has 1 aliphatic rings. The smallest absolute Gasteiger partial charge is 0.331 e. The lowest BCUT2D eigenvalue weighted by atomic mass is 10.1. The first-order valence-electron chi connectivity index (χ1n) is 10.8. The summed E-state index contributed by atoms with van der Waals surface area (Å²) in [5, 5.41) is 0. The molecule has 34 heavy (non-hydrogen) atoms. The summed E-state index contributed by atoms with van der Waals surface area (Å²) in [7, 11) is -0.605. The maximum absolute atomic E-state index is 13.2. The van der Waals surface area contributed by atoms with E-state index < -0.39 is 21.3 Å². The molecule has 0 saturated carbocycles. The van der Waals surface area contributed by atoms with Crippen LogP contribution >= 0.6 is 0 Å². The summed E-state index contributed by atoms with van der Waals surface area (Å²) >= 11 is 0. The minimum atomic E-state index is -3.64. The minimum absolute atomic E-state index is 0.210. The van der Waals surface area contributed by atoms with E-state index in [0.717, 1.165) is 10.4 Å². The molecule has 0 bridgehead atoms. The Hall–Kier alpha value is -3.70. The van der Waals surface area contributed by atoms with Crippen LogP contribution in [0.3, 0.4) is 0 Å². The Morgan fingerprint density at radius 1 is 0.912 bits per heavy atom. The average molecular weight is 481 g/mol. The molecule has 176 valence electrons. The first-order valence-corrected chi connectivity index (χ1v) is 12.3. The van der Waals surface area contributed by atoms with Gasteiger partial charge in [0.25, 0.3) is 5.56 Å². The highest BCUT2D eigenvalue weighted by Gasteiger charge is 2.29. The molecule has 1 saturated heterocycles. The number of aromatic nitrogens is 4. The second-order valence-corrected chi connectivity index (χ2v) is 10.2. The first kappa shape index (κ1) is 22.1. The Balaban J connectivity index is 1.38. The Bertz CT molecular complexity index is 1580. The lowest BCUT2D eigenvalue weighted by molar-refractivity contribution is 0.384. The van der Waals surface area contributed by atoms with E-state index in [2.05, 4.69) is 14.9 Å². The molecule has 0 spiro atoms. The zero-order valence-corrected chi connectivity index (χ0v) is 19.6. The van der Waals surface area contributed by atoms with Crippen LogP contribution in [0.1, 0.15) is 0 Å². The van der Waals surface area contributed by atoms with E-state index >= 15 is 0 Å². The molecular weight excluding hydrogens is 456 g/mol. The van der Waals surface area contributed by atoms with Crippen LogP contribution in [0.2, 0.25) is 0 Å². The van der Waals surface area contributed by atoms with Crippen LogP contribution in [0.15, 0.2) is 69.2 Å². The second-order valence-electron chi connectivity index (χ2n) is 8.25. The molecule has 0 radical (unpaired) electrons. The van der Waals surface area contributed by atoms with E-state index in [1.807, 2.05) is 18.2 Å². The summed E-state index contributed by atoms with van der Waals surface area (Å²) in [4.78, 5) is 34.3. The number of nitrogens with zero attached hydrogens (tertiary/aromatic N) is 5. The Labute approximate surface area is 195 Å². The quantitative estimate of drug-likeness (QED) is 0.469. The number of anilines is 1. The summed E-state index contributed by atoms with van der Waals surface area (Å²) in [6.07, 6.45) is 1.73. The Kier molecular flexibility index (Phi) is 5.37. The van der Waals surface area contributed by atoms with Gasteiger partial charge >= 0.3 is 5.69 Å². The van der Waals surface area contributed by atoms with Crippen LogP contribution in [-0.4, -0.2) is 58.0 Å². The van der Waals surface area contributed by atoms with E-state index in [1.165, 1.54) is 15.9 Å². The highest BCUT2D eigenvalue weighted by molar-refractivity contribution is 7.89. The molecule has 10 nitrogen and oxygen atoms in total. The molecule has 0 unspecified atom stereocenters. The number of pyridine rings is 1. The summed E-state index contributed by atoms with van der Waals surface area (Å²) in [5.41, 5.74) is 1.33. The fourth-order valence-corrected chi connectivity index (χ4v) is 5.69. The molecular formula is C23H24N6O4S. The third kappa shape index (κ3) is 3.62. The Morgan fingerprint density at radius 2 is 1.62 bits per heavy atom. The number of H-pyrrole nitrogens is 1. The highest BCUT2D eigenvalue weighted by atomic mass is 32.2. The lowest BCUT2D eigenvalue weighted by Crippen LogP contribution is -2.48. The van der Waals surface area contributed by atoms with Crippen LogP contribution in [0.4, 0.5) is 5.82 Å². The topological polar surface area (TPSA) is 113 Å². The minimum Gasteiger partial charge on any atom is -0.354 e. The number of sulfonamides is 1. The van der Waals surface area contributed by atoms with Crippen molar-refractivity contribution in [2.75, 3.05) is 31.1 Å². The molecule has 4 heterocycles. The average Bonchev–Trinajstić information content (AvgIpc) is 3.33. The molecule has 1 fully saturated rings. The van der Waals surface area contributed by atoms with Crippen molar-refractivity contribution in [3.05, 3.63) is 75.6 Å². The first-order chi connectivity index (χ1) is 16.3. The maximum Gasteiger partial charge on any atom is 0.331 e. The Morgan fingerprint density at radius 3 is 2.26 bits per heavy atom. The van der Waals surface area contributed by atoms with Gasteiger partial charge in [0.15, 0.2) is 0 Å². The molecule has 1 N–H and O–H groups in total. The van der Waals surface area contributed by atoms with Crippen molar-refractivity contribution >= 4 is 26.9 Å². The monoisotopic (exact) mass is 480 g/mol. The molecule has 0 atom stereocenters. The largest absolute Gasteiger partial charge is 0.354 e. The third-order valence-corrected chi connectivity index (χ3v) is 8.18. The van der Waals surface area contributed by atoms with Crippen molar-refractivity contribution in [2.24, 2.45) is 14.1 Å². The SMILES string of the molecule is Cn1c(=O)c2[nH]c(-c3ccc(S(=O)(=O)N4CCN(c5ccccn5)CC4)cc3)cc2n(C)c1=O. The van der Waals surface area contributed by atoms with Gasteiger partial charge in [-0.2, -0.15) is 4.31 Å². The van der Waals surface area contributed by atoms with Crippen molar-refractivity contribution < 1.29 is 8.42 Å². The standard InChI is InChI=1S/C23H24N6O4S/c1-26-19-15-18(25-21(19)22(30)27(2)23(26)31)16-6-8-17(9-7-16)34(32,33)29-13-11-28(12-14-29)20-5-3-4-10-24-20/h3-10,15,25H,11-14H2,1-2H3. The van der Waals surface area contributed by atoms with Gasteiger partial charge in [-0.15, -0.1) is 0 Å². The molecule has 1 aliphatic heterocycles. The lowest BCUT2D eigenvalue weighted by Gasteiger charge is -2.34. The van der Waals surface area contributed by atoms with Crippen LogP contribution in [-0.2, 0) is 24.1 Å². The predicted octanol–water partition coefficient (Wildman–Crippen LogP) is 1.14. The van der Waals surface area contributed by atoms with Gasteiger partial charge < -0.3 is 9.88 Å². The second kappa shape index (κ2) is 8.26. The molecule has 4 aromatic rings. The van der Waals surface area contributed by atoms with Gasteiger partial charge in [0.05, 0.1) is 10.4 Å². The molecule has 1 aromatic carbocycles. The predicted molar refractivity (Wildman–Crippen MR) is 129 cm³/mol. The number of hydrogen-bond donors (Lipinski definition) is 1. The van der Waals surface area contributed by atoms with Crippen LogP contribution in [0.5, 0.6) is 0 Å². The van der Waals surface area contributed by atoms with E-state index in [1.54, 1.807) is 43.6 Å². The number of hydrogen-bond acceptors (Lipinski definition) is 6.